The number of primary amides is 1. The van der Waals surface area contributed by atoms with Crippen molar-refractivity contribution in [3.63, 3.8) is 0 Å². The van der Waals surface area contributed by atoms with Gasteiger partial charge < -0.3 is 53.3 Å². The maximum Gasteiger partial charge on any atom is 0.243 e. The van der Waals surface area contributed by atoms with Crippen LogP contribution in [0.2, 0.25) is 0 Å². The van der Waals surface area contributed by atoms with Gasteiger partial charge in [0.1, 0.15) is 36.3 Å². The molecule has 6 atom stereocenters. The molecule has 0 spiro atoms. The third kappa shape index (κ3) is 15.8. The molecule has 0 aliphatic carbocycles. The van der Waals surface area contributed by atoms with Crippen LogP contribution in [0.1, 0.15) is 69.2 Å². The zero-order valence-corrected chi connectivity index (χ0v) is 37.5. The monoisotopic (exact) mass is 921 g/mol. The quantitative estimate of drug-likeness (QED) is 0.0737. The van der Waals surface area contributed by atoms with Gasteiger partial charge in [-0.25, -0.2) is 4.98 Å². The molecule has 1 aromatic heterocycles. The summed E-state index contributed by atoms with van der Waals surface area (Å²) in [6.45, 7) is 2.35. The van der Waals surface area contributed by atoms with Gasteiger partial charge in [-0.3, -0.25) is 43.2 Å². The molecule has 9 amide bonds. The van der Waals surface area contributed by atoms with Crippen LogP contribution in [-0.2, 0) is 62.4 Å². The Morgan fingerprint density at radius 3 is 2.21 bits per heavy atom. The Labute approximate surface area is 387 Å². The van der Waals surface area contributed by atoms with Gasteiger partial charge in [0, 0.05) is 51.0 Å². The van der Waals surface area contributed by atoms with E-state index < -0.39 is 96.0 Å². The first kappa shape index (κ1) is 50.4. The molecule has 1 aliphatic rings. The average Bonchev–Trinajstić information content (AvgIpc) is 3.83. The van der Waals surface area contributed by atoms with Crippen LogP contribution in [0.3, 0.4) is 0 Å². The third-order valence-corrected chi connectivity index (χ3v) is 11.2. The Kier molecular flexibility index (Phi) is 18.9. The van der Waals surface area contributed by atoms with E-state index in [9.17, 15) is 43.2 Å². The zero-order valence-electron chi connectivity index (χ0n) is 37.5. The van der Waals surface area contributed by atoms with E-state index in [4.69, 9.17) is 5.73 Å². The van der Waals surface area contributed by atoms with Crippen LogP contribution in [0.4, 0.5) is 0 Å². The number of nitrogens with two attached hydrogens (primary N) is 1. The largest absolute Gasteiger partial charge is 0.368 e. The molecule has 4 unspecified atom stereocenters. The van der Waals surface area contributed by atoms with Gasteiger partial charge in [-0.15, -0.1) is 0 Å². The van der Waals surface area contributed by atoms with Gasteiger partial charge >= 0.3 is 0 Å². The van der Waals surface area contributed by atoms with E-state index in [-0.39, 0.29) is 51.5 Å². The first-order chi connectivity index (χ1) is 32.2. The van der Waals surface area contributed by atoms with E-state index in [1.807, 2.05) is 49.4 Å². The van der Waals surface area contributed by atoms with Crippen molar-refractivity contribution in [3.8, 4) is 0 Å². The number of amides is 9. The normalized spacial score (nSPS) is 19.9. The summed E-state index contributed by atoms with van der Waals surface area (Å²) in [5.41, 5.74) is 7.61. The lowest BCUT2D eigenvalue weighted by atomic mass is 9.98. The van der Waals surface area contributed by atoms with E-state index in [2.05, 4.69) is 52.5 Å². The number of benzene rings is 3. The van der Waals surface area contributed by atoms with Crippen molar-refractivity contribution >= 4 is 63.9 Å². The van der Waals surface area contributed by atoms with E-state index in [1.165, 1.54) is 19.4 Å². The number of nitrogens with one attached hydrogen (secondary N) is 9. The van der Waals surface area contributed by atoms with Crippen molar-refractivity contribution in [2.24, 2.45) is 5.73 Å². The molecule has 0 radical (unpaired) electrons. The molecule has 3 aromatic carbocycles. The predicted molar refractivity (Wildman–Crippen MR) is 246 cm³/mol. The molecule has 20 nitrogen and oxygen atoms in total. The molecule has 0 bridgehead atoms. The van der Waals surface area contributed by atoms with Gasteiger partial charge in [0.05, 0.1) is 12.9 Å². The maximum atomic E-state index is 14.2. The molecular formula is C47H59N11O9. The Morgan fingerprint density at radius 2 is 1.49 bits per heavy atom. The SMILES string of the molecule is CCCC[C@H](NC(C)=O)C(=O)NC1CCC(=O)NCCC(C(=O)NC(Cc2cccc3ccccc23)C(N)=O)NC(=O)CNC(=O)C(Cc2ccccc2)NC(=O)[C@H](Cc2cnc[nH]2)NC1=O. The molecule has 11 N–H and O–H groups in total. The Bertz CT molecular complexity index is 2370. The molecule has 4 aromatic rings. The van der Waals surface area contributed by atoms with Crippen molar-refractivity contribution in [2.45, 2.75) is 108 Å². The van der Waals surface area contributed by atoms with Gasteiger partial charge in [0.15, 0.2) is 0 Å². The minimum atomic E-state index is -1.40. The standard InChI is InChI=1S/C47H59N11O9/c1-3-4-17-34(53-28(2)59)44(64)55-35-18-19-40(60)50-21-20-36(46(66)56-37(42(48)62)23-31-15-10-14-30-13-8-9-16-33(30)31)54-41(61)26-51-43(63)38(22-29-11-6-5-7-12-29)57-47(67)39(58-45(35)65)24-32-25-49-27-52-32/h5-16,25,27,34-39H,3-4,17-24,26H2,1-2H3,(H2,48,62)(H,49,52)(H,50,60)(H,51,63)(H,53,59)(H,54,61)(H,55,64)(H,56,66)(H,57,67)(H,58,65)/t34-,35?,36?,37?,38?,39-/m0/s1. The third-order valence-electron chi connectivity index (χ3n) is 11.2. The fourth-order valence-corrected chi connectivity index (χ4v) is 7.60. The van der Waals surface area contributed by atoms with Gasteiger partial charge in [0.25, 0.3) is 0 Å². The van der Waals surface area contributed by atoms with Crippen molar-refractivity contribution in [2.75, 3.05) is 13.1 Å². The second kappa shape index (κ2) is 25.2. The van der Waals surface area contributed by atoms with Crippen LogP contribution >= 0.6 is 0 Å². The Hall–Kier alpha value is -7.64. The van der Waals surface area contributed by atoms with Crippen LogP contribution < -0.4 is 48.3 Å². The van der Waals surface area contributed by atoms with E-state index >= 15 is 0 Å². The van der Waals surface area contributed by atoms with Crippen LogP contribution in [0.15, 0.2) is 85.3 Å². The lowest BCUT2D eigenvalue weighted by Crippen LogP contribution is -2.59. The lowest BCUT2D eigenvalue weighted by molar-refractivity contribution is -0.135. The van der Waals surface area contributed by atoms with Gasteiger partial charge in [-0.2, -0.15) is 0 Å². The number of rotatable bonds is 15. The highest BCUT2D eigenvalue weighted by atomic mass is 16.2. The zero-order chi connectivity index (χ0) is 48.3. The van der Waals surface area contributed by atoms with E-state index in [0.29, 0.717) is 24.1 Å². The van der Waals surface area contributed by atoms with E-state index in [0.717, 1.165) is 16.3 Å². The predicted octanol–water partition coefficient (Wildman–Crippen LogP) is -0.389. The highest BCUT2D eigenvalue weighted by molar-refractivity contribution is 5.97. The molecule has 20 heteroatoms. The summed E-state index contributed by atoms with van der Waals surface area (Å²) in [5, 5.41) is 22.8. The molecule has 2 heterocycles. The van der Waals surface area contributed by atoms with Crippen LogP contribution in [0.5, 0.6) is 0 Å². The Balaban J connectivity index is 1.43. The number of imidazole rings is 1. The number of hydrogen-bond acceptors (Lipinski definition) is 10. The fourth-order valence-electron chi connectivity index (χ4n) is 7.60. The fraction of sp³-hybridized carbons (Fsp3) is 0.404. The molecule has 1 fully saturated rings. The number of nitrogens with zero attached hydrogens (tertiary/aromatic N) is 1. The molecule has 0 saturated carbocycles. The van der Waals surface area contributed by atoms with Crippen LogP contribution in [0.25, 0.3) is 10.8 Å². The topological polar surface area (TPSA) is 305 Å². The minimum Gasteiger partial charge on any atom is -0.368 e. The summed E-state index contributed by atoms with van der Waals surface area (Å²) in [7, 11) is 0. The highest BCUT2D eigenvalue weighted by Crippen LogP contribution is 2.20. The second-order valence-corrected chi connectivity index (χ2v) is 16.4. The summed E-state index contributed by atoms with van der Waals surface area (Å²) in [4.78, 5) is 128. The summed E-state index contributed by atoms with van der Waals surface area (Å²) in [5.74, 6) is -6.57. The average molecular weight is 922 g/mol. The number of carbonyl (C=O) groups is 9. The number of H-pyrrole nitrogens is 1. The number of aromatic nitrogens is 2. The number of fused-ring (bicyclic) bond motifs is 1. The van der Waals surface area contributed by atoms with Gasteiger partial charge in [-0.05, 0) is 41.2 Å². The smallest absolute Gasteiger partial charge is 0.243 e. The lowest BCUT2D eigenvalue weighted by Gasteiger charge is -2.26. The highest BCUT2D eigenvalue weighted by Gasteiger charge is 2.33. The molecular weight excluding hydrogens is 863 g/mol. The van der Waals surface area contributed by atoms with Gasteiger partial charge in [0.2, 0.25) is 53.2 Å². The minimum absolute atomic E-state index is 0.0304. The molecule has 67 heavy (non-hydrogen) atoms. The van der Waals surface area contributed by atoms with Crippen molar-refractivity contribution in [1.29, 1.82) is 0 Å². The molecule has 356 valence electrons. The first-order valence-electron chi connectivity index (χ1n) is 22.3. The van der Waals surface area contributed by atoms with Gasteiger partial charge in [-0.1, -0.05) is 92.6 Å². The summed E-state index contributed by atoms with van der Waals surface area (Å²) < 4.78 is 0. The second-order valence-electron chi connectivity index (χ2n) is 16.4. The molecule has 1 saturated heterocycles. The summed E-state index contributed by atoms with van der Waals surface area (Å²) >= 11 is 0. The summed E-state index contributed by atoms with van der Waals surface area (Å²) in [6, 6.07) is 14.2. The van der Waals surface area contributed by atoms with Crippen molar-refractivity contribution < 1.29 is 43.2 Å². The van der Waals surface area contributed by atoms with Crippen molar-refractivity contribution in [3.05, 3.63) is 102 Å². The first-order valence-corrected chi connectivity index (χ1v) is 22.3. The maximum absolute atomic E-state index is 14.2. The molecule has 1 aliphatic heterocycles. The van der Waals surface area contributed by atoms with Crippen LogP contribution in [-0.4, -0.2) is 112 Å². The van der Waals surface area contributed by atoms with Crippen LogP contribution in [0, 0.1) is 0 Å². The number of carbonyl (C=O) groups excluding carboxylic acids is 9. The number of hydrogen-bond donors (Lipinski definition) is 10. The van der Waals surface area contributed by atoms with Crippen molar-refractivity contribution in [1.82, 2.24) is 52.5 Å². The number of aromatic amines is 1. The molecule has 5 rings (SSSR count). The summed E-state index contributed by atoms with van der Waals surface area (Å²) in [6.07, 6.45) is 3.47. The Morgan fingerprint density at radius 1 is 0.776 bits per heavy atom. The van der Waals surface area contributed by atoms with E-state index in [1.54, 1.807) is 30.3 Å². The number of unbranched alkanes of at least 4 members (excludes halogenated alkanes) is 1.